The summed E-state index contributed by atoms with van der Waals surface area (Å²) in [7, 11) is 0. The van der Waals surface area contributed by atoms with E-state index in [0.717, 1.165) is 0 Å². The van der Waals surface area contributed by atoms with Gasteiger partial charge in [0.05, 0.1) is 22.3 Å². The molecule has 0 aliphatic heterocycles. The number of nitrogens with two attached hydrogens (primary N) is 1. The summed E-state index contributed by atoms with van der Waals surface area (Å²) >= 11 is 9.47. The Labute approximate surface area is 224 Å². The first-order chi connectivity index (χ1) is 17.7. The number of hydrogen-bond donors (Lipinski definition) is 3. The first kappa shape index (κ1) is 27.6. The van der Waals surface area contributed by atoms with Gasteiger partial charge in [-0.1, -0.05) is 17.7 Å². The summed E-state index contributed by atoms with van der Waals surface area (Å²) in [4.78, 5) is 35.3. The average Bonchev–Trinajstić information content (AvgIpc) is 2.85. The summed E-state index contributed by atoms with van der Waals surface area (Å²) in [5, 5.41) is 6.41. The zero-order chi connectivity index (χ0) is 26.9. The first-order valence-electron chi connectivity index (χ1n) is 10.8. The first-order valence-corrected chi connectivity index (χ1v) is 11.9. The normalized spacial score (nSPS) is 10.7. The third kappa shape index (κ3) is 7.51. The van der Waals surface area contributed by atoms with E-state index in [4.69, 9.17) is 26.8 Å². The fourth-order valence-electron chi connectivity index (χ4n) is 3.00. The van der Waals surface area contributed by atoms with Gasteiger partial charge in [0.15, 0.2) is 11.5 Å². The molecule has 0 atom stereocenters. The van der Waals surface area contributed by atoms with E-state index in [0.29, 0.717) is 33.8 Å². The number of benzene rings is 3. The molecule has 3 rings (SSSR count). The highest BCUT2D eigenvalue weighted by Gasteiger charge is 2.16. The second-order valence-electron chi connectivity index (χ2n) is 7.35. The molecule has 4 N–H and O–H groups in total. The van der Waals surface area contributed by atoms with E-state index in [1.54, 1.807) is 25.1 Å². The van der Waals surface area contributed by atoms with Gasteiger partial charge in [0, 0.05) is 16.8 Å². The Morgan fingerprint density at radius 3 is 2.49 bits per heavy atom. The number of hydrogen-bond acceptors (Lipinski definition) is 6. The molecule has 3 aromatic rings. The van der Waals surface area contributed by atoms with Gasteiger partial charge in [-0.25, -0.2) is 9.82 Å². The quantitative estimate of drug-likeness (QED) is 0.193. The second-order valence-corrected chi connectivity index (χ2v) is 8.61. The summed E-state index contributed by atoms with van der Waals surface area (Å²) in [5.41, 5.74) is 8.56. The summed E-state index contributed by atoms with van der Waals surface area (Å²) in [6.07, 6.45) is 1.30. The van der Waals surface area contributed by atoms with Crippen molar-refractivity contribution in [2.45, 2.75) is 13.5 Å². The van der Waals surface area contributed by atoms with E-state index in [-0.39, 0.29) is 22.8 Å². The maximum Gasteiger partial charge on any atom is 0.329 e. The van der Waals surface area contributed by atoms with Crippen LogP contribution in [0.25, 0.3) is 0 Å². The van der Waals surface area contributed by atoms with Crippen molar-refractivity contribution in [2.75, 3.05) is 11.9 Å². The van der Waals surface area contributed by atoms with Crippen LogP contribution in [-0.2, 0) is 16.2 Å². The molecule has 0 spiro atoms. The zero-order valence-electron chi connectivity index (χ0n) is 19.4. The molecule has 0 saturated heterocycles. The topological polar surface area (TPSA) is 132 Å². The van der Waals surface area contributed by atoms with Crippen LogP contribution in [0.4, 0.5) is 10.1 Å². The van der Waals surface area contributed by atoms with Gasteiger partial charge in [0.1, 0.15) is 12.4 Å². The molecule has 0 aliphatic carbocycles. The lowest BCUT2D eigenvalue weighted by Gasteiger charge is -2.15. The number of ether oxygens (including phenoxy) is 2. The number of nitrogens with zero attached hydrogens (tertiary/aromatic N) is 1. The number of nitrogens with one attached hydrogen (secondary N) is 2. The van der Waals surface area contributed by atoms with Gasteiger partial charge in [-0.05, 0) is 76.9 Å². The molecule has 192 valence electrons. The smallest absolute Gasteiger partial charge is 0.329 e. The molecule has 0 bridgehead atoms. The van der Waals surface area contributed by atoms with E-state index in [1.807, 2.05) is 0 Å². The lowest BCUT2D eigenvalue weighted by atomic mass is 10.2. The van der Waals surface area contributed by atoms with Crippen LogP contribution < -0.4 is 25.9 Å². The number of halogens is 3. The van der Waals surface area contributed by atoms with Gasteiger partial charge in [0.2, 0.25) is 5.91 Å². The Morgan fingerprint density at radius 2 is 1.84 bits per heavy atom. The van der Waals surface area contributed by atoms with E-state index in [9.17, 15) is 18.8 Å². The summed E-state index contributed by atoms with van der Waals surface area (Å²) in [5.74, 6) is -2.42. The van der Waals surface area contributed by atoms with E-state index < -0.39 is 23.5 Å². The molecule has 3 amide bonds. The minimum Gasteiger partial charge on any atom is -0.490 e. The number of hydrazone groups is 1. The number of carbonyl (C=O) groups excluding carboxylic acids is 3. The molecule has 0 radical (unpaired) electrons. The van der Waals surface area contributed by atoms with Crippen LogP contribution in [0, 0.1) is 5.82 Å². The van der Waals surface area contributed by atoms with Crippen molar-refractivity contribution in [3.05, 3.63) is 86.6 Å². The standard InChI is InChI=1S/C25H21BrClFN4O5/c1-2-36-21-11-14(10-18(26)22(21)37-13-17-19(27)4-3-5-20(17)28)12-30-32-25(35)24(34)31-16-8-6-15(7-9-16)23(29)33/h3-12H,2,13H2,1H3,(H2,29,33)(H,31,34)(H,32,35)/b30-12+. The number of amides is 3. The fourth-order valence-corrected chi connectivity index (χ4v) is 3.79. The molecule has 0 unspecified atom stereocenters. The summed E-state index contributed by atoms with van der Waals surface area (Å²) < 4.78 is 26.0. The molecule has 3 aromatic carbocycles. The zero-order valence-corrected chi connectivity index (χ0v) is 21.7. The van der Waals surface area contributed by atoms with Crippen molar-refractivity contribution in [3.8, 4) is 11.5 Å². The van der Waals surface area contributed by atoms with Crippen LogP contribution in [0.15, 0.2) is 64.2 Å². The Balaban J connectivity index is 1.65. The van der Waals surface area contributed by atoms with E-state index in [1.165, 1.54) is 42.6 Å². The Kier molecular flexibility index (Phi) is 9.58. The monoisotopic (exact) mass is 590 g/mol. The summed E-state index contributed by atoms with van der Waals surface area (Å²) in [6, 6.07) is 13.3. The highest BCUT2D eigenvalue weighted by molar-refractivity contribution is 9.10. The van der Waals surface area contributed by atoms with Gasteiger partial charge in [-0.2, -0.15) is 5.10 Å². The maximum atomic E-state index is 14.1. The van der Waals surface area contributed by atoms with Gasteiger partial charge in [0.25, 0.3) is 0 Å². The van der Waals surface area contributed by atoms with Crippen molar-refractivity contribution in [1.29, 1.82) is 0 Å². The van der Waals surface area contributed by atoms with Crippen LogP contribution in [0.2, 0.25) is 5.02 Å². The molecule has 37 heavy (non-hydrogen) atoms. The van der Waals surface area contributed by atoms with Crippen molar-refractivity contribution in [2.24, 2.45) is 10.8 Å². The molecular weight excluding hydrogens is 571 g/mol. The second kappa shape index (κ2) is 12.8. The van der Waals surface area contributed by atoms with Crippen LogP contribution in [0.3, 0.4) is 0 Å². The van der Waals surface area contributed by atoms with Crippen molar-refractivity contribution in [3.63, 3.8) is 0 Å². The lowest BCUT2D eigenvalue weighted by Crippen LogP contribution is -2.32. The van der Waals surface area contributed by atoms with Crippen LogP contribution >= 0.6 is 27.5 Å². The average molecular weight is 592 g/mol. The summed E-state index contributed by atoms with van der Waals surface area (Å²) in [6.45, 7) is 1.97. The lowest BCUT2D eigenvalue weighted by molar-refractivity contribution is -0.136. The van der Waals surface area contributed by atoms with Crippen molar-refractivity contribution >= 4 is 57.2 Å². The molecule has 12 heteroatoms. The maximum absolute atomic E-state index is 14.1. The molecule has 9 nitrogen and oxygen atoms in total. The van der Waals surface area contributed by atoms with Crippen LogP contribution in [-0.4, -0.2) is 30.5 Å². The highest BCUT2D eigenvalue weighted by Crippen LogP contribution is 2.37. The minimum atomic E-state index is -1.01. The third-order valence-corrected chi connectivity index (χ3v) is 5.71. The molecule has 0 saturated carbocycles. The molecule has 0 aliphatic rings. The van der Waals surface area contributed by atoms with E-state index >= 15 is 0 Å². The Morgan fingerprint density at radius 1 is 1.11 bits per heavy atom. The van der Waals surface area contributed by atoms with Crippen LogP contribution in [0.1, 0.15) is 28.4 Å². The largest absolute Gasteiger partial charge is 0.490 e. The molecule has 0 heterocycles. The minimum absolute atomic E-state index is 0.131. The number of rotatable bonds is 9. The fraction of sp³-hybridized carbons (Fsp3) is 0.120. The van der Waals surface area contributed by atoms with Crippen molar-refractivity contribution in [1.82, 2.24) is 5.43 Å². The Bertz CT molecular complexity index is 1330. The van der Waals surface area contributed by atoms with Crippen LogP contribution in [0.5, 0.6) is 11.5 Å². The van der Waals surface area contributed by atoms with Gasteiger partial charge >= 0.3 is 11.8 Å². The van der Waals surface area contributed by atoms with E-state index in [2.05, 4.69) is 31.8 Å². The number of carbonyl (C=O) groups is 3. The predicted octanol–water partition coefficient (Wildman–Crippen LogP) is 4.41. The SMILES string of the molecule is CCOc1cc(/C=N/NC(=O)C(=O)Nc2ccc(C(N)=O)cc2)cc(Br)c1OCc1c(F)cccc1Cl. The Hall–Kier alpha value is -3.96. The molecule has 0 fully saturated rings. The molecular formula is C25H21BrClFN4O5. The van der Waals surface area contributed by atoms with Gasteiger partial charge in [-0.3, -0.25) is 14.4 Å². The number of primary amides is 1. The van der Waals surface area contributed by atoms with Gasteiger partial charge < -0.3 is 20.5 Å². The third-order valence-electron chi connectivity index (χ3n) is 4.77. The van der Waals surface area contributed by atoms with Gasteiger partial charge in [-0.15, -0.1) is 0 Å². The highest BCUT2D eigenvalue weighted by atomic mass is 79.9. The molecule has 0 aromatic heterocycles. The predicted molar refractivity (Wildman–Crippen MR) is 140 cm³/mol. The van der Waals surface area contributed by atoms with Crippen molar-refractivity contribution < 1.29 is 28.2 Å². The number of anilines is 1.